The second-order valence-corrected chi connectivity index (χ2v) is 12.6. The van der Waals surface area contributed by atoms with Crippen LogP contribution >= 0.6 is 0 Å². The molecule has 1 aliphatic carbocycles. The number of furan rings is 1. The van der Waals surface area contributed by atoms with Crippen molar-refractivity contribution in [2.75, 3.05) is 6.61 Å². The summed E-state index contributed by atoms with van der Waals surface area (Å²) in [5.74, 6) is -1.86. The average molecular weight is 356 g/mol. The van der Waals surface area contributed by atoms with E-state index in [0.29, 0.717) is 10.9 Å². The zero-order valence-corrected chi connectivity index (χ0v) is 15.9. The van der Waals surface area contributed by atoms with Crippen LogP contribution < -0.4 is 5.38 Å². The lowest BCUT2D eigenvalue weighted by molar-refractivity contribution is -0.212. The maximum absolute atomic E-state index is 12.5. The van der Waals surface area contributed by atoms with Crippen LogP contribution in [0.1, 0.15) is 25.8 Å². The fraction of sp³-hybridized carbons (Fsp3) is 0.706. The molecule has 3 N–H and O–H groups in total. The summed E-state index contributed by atoms with van der Waals surface area (Å²) in [5.41, 5.74) is -1.54. The summed E-state index contributed by atoms with van der Waals surface area (Å²) in [6.07, 6.45) is -0.946. The number of hydrogen-bond donors (Lipinski definition) is 3. The molecule has 0 aromatic carbocycles. The lowest BCUT2D eigenvalue weighted by Crippen LogP contribution is -2.62. The minimum absolute atomic E-state index is 0.185. The van der Waals surface area contributed by atoms with Crippen molar-refractivity contribution in [1.29, 1.82) is 0 Å². The predicted molar refractivity (Wildman–Crippen MR) is 91.5 cm³/mol. The Kier molecular flexibility index (Phi) is 5.30. The molecule has 0 aliphatic heterocycles. The van der Waals surface area contributed by atoms with Crippen LogP contribution in [-0.2, 0) is 15.1 Å². The summed E-state index contributed by atoms with van der Waals surface area (Å²) >= 11 is 0. The van der Waals surface area contributed by atoms with Crippen LogP contribution in [-0.4, -0.2) is 48.2 Å². The Bertz CT molecular complexity index is 592. The van der Waals surface area contributed by atoms with Crippen LogP contribution in [0.2, 0.25) is 19.6 Å². The van der Waals surface area contributed by atoms with E-state index < -0.39 is 37.8 Å². The summed E-state index contributed by atoms with van der Waals surface area (Å²) < 4.78 is 10.7. The van der Waals surface area contributed by atoms with Crippen LogP contribution in [0.4, 0.5) is 0 Å². The zero-order valence-electron chi connectivity index (χ0n) is 14.9. The SMILES string of the molecule is CCOC(=O)[C@@H]1C[C@H](C)[C@@H](O)[C@H](O)[C@@]1(O)c1ccoc1[Si](C)(C)C. The Labute approximate surface area is 143 Å². The molecule has 7 heteroatoms. The van der Waals surface area contributed by atoms with Gasteiger partial charge in [0, 0.05) is 5.56 Å². The quantitative estimate of drug-likeness (QED) is 0.549. The lowest BCUT2D eigenvalue weighted by Gasteiger charge is -2.47. The lowest BCUT2D eigenvalue weighted by atomic mass is 9.65. The molecule has 0 bridgehead atoms. The summed E-state index contributed by atoms with van der Waals surface area (Å²) in [6.45, 7) is 9.77. The van der Waals surface area contributed by atoms with Crippen LogP contribution in [0.25, 0.3) is 0 Å². The Hall–Kier alpha value is -1.15. The normalized spacial score (nSPS) is 34.2. The van der Waals surface area contributed by atoms with Gasteiger partial charge in [-0.1, -0.05) is 26.6 Å². The second-order valence-electron chi connectivity index (χ2n) is 7.69. The minimum Gasteiger partial charge on any atom is -0.474 e. The van der Waals surface area contributed by atoms with E-state index >= 15 is 0 Å². The number of hydrogen-bond acceptors (Lipinski definition) is 6. The largest absolute Gasteiger partial charge is 0.474 e. The highest BCUT2D eigenvalue weighted by molar-refractivity contribution is 6.88. The van der Waals surface area contributed by atoms with E-state index in [4.69, 9.17) is 9.15 Å². The molecule has 0 saturated heterocycles. The molecular formula is C17H28O6Si. The maximum atomic E-state index is 12.5. The van der Waals surface area contributed by atoms with Gasteiger partial charge in [0.25, 0.3) is 0 Å². The molecule has 2 rings (SSSR count). The standard InChI is InChI=1S/C17H28O6Si/c1-6-22-15(20)12-9-10(2)13(18)14(19)17(12,21)11-7-8-23-16(11)24(3,4)5/h7-8,10,12-14,18-19,21H,6,9H2,1-5H3/t10-,12-,13+,14-,17+/m0/s1. The minimum atomic E-state index is -1.98. The molecule has 1 fully saturated rings. The molecule has 0 spiro atoms. The molecule has 1 aliphatic rings. The Morgan fingerprint density at radius 1 is 1.42 bits per heavy atom. The van der Waals surface area contributed by atoms with Gasteiger partial charge in [-0.05, 0) is 25.3 Å². The van der Waals surface area contributed by atoms with E-state index in [-0.39, 0.29) is 18.9 Å². The zero-order chi connectivity index (χ0) is 18.3. The number of carbonyl (C=O) groups excluding carboxylic acids is 1. The summed E-state index contributed by atoms with van der Waals surface area (Å²) in [5, 5.41) is 33.1. The van der Waals surface area contributed by atoms with Gasteiger partial charge in [0.05, 0.1) is 30.3 Å². The molecule has 136 valence electrons. The third-order valence-corrected chi connectivity index (χ3v) is 6.59. The van der Waals surface area contributed by atoms with Crippen LogP contribution in [0.5, 0.6) is 0 Å². The monoisotopic (exact) mass is 356 g/mol. The third-order valence-electron chi connectivity index (χ3n) is 4.85. The fourth-order valence-corrected chi connectivity index (χ4v) is 5.05. The van der Waals surface area contributed by atoms with Crippen molar-refractivity contribution >= 4 is 19.4 Å². The van der Waals surface area contributed by atoms with Gasteiger partial charge < -0.3 is 24.5 Å². The molecular weight excluding hydrogens is 328 g/mol. The van der Waals surface area contributed by atoms with Crippen LogP contribution in [0.3, 0.4) is 0 Å². The Morgan fingerprint density at radius 3 is 2.58 bits per heavy atom. The van der Waals surface area contributed by atoms with Crippen molar-refractivity contribution in [3.05, 3.63) is 17.9 Å². The van der Waals surface area contributed by atoms with Gasteiger partial charge in [-0.2, -0.15) is 0 Å². The van der Waals surface area contributed by atoms with Crippen molar-refractivity contribution in [1.82, 2.24) is 0 Å². The van der Waals surface area contributed by atoms with E-state index in [1.54, 1.807) is 19.9 Å². The summed E-state index contributed by atoms with van der Waals surface area (Å²) in [4.78, 5) is 12.5. The highest BCUT2D eigenvalue weighted by Gasteiger charge is 2.58. The molecule has 0 amide bonds. The van der Waals surface area contributed by atoms with Crippen molar-refractivity contribution in [2.45, 2.75) is 57.7 Å². The predicted octanol–water partition coefficient (Wildman–Crippen LogP) is 0.953. The van der Waals surface area contributed by atoms with Crippen molar-refractivity contribution < 1.29 is 29.3 Å². The van der Waals surface area contributed by atoms with E-state index in [9.17, 15) is 20.1 Å². The molecule has 1 aromatic heterocycles. The number of esters is 1. The smallest absolute Gasteiger partial charge is 0.312 e. The van der Waals surface area contributed by atoms with Gasteiger partial charge in [-0.25, -0.2) is 0 Å². The first kappa shape index (κ1) is 19.2. The summed E-state index contributed by atoms with van der Waals surface area (Å²) in [6, 6.07) is 1.59. The third kappa shape index (κ3) is 3.05. The van der Waals surface area contributed by atoms with E-state index in [2.05, 4.69) is 0 Å². The molecule has 0 radical (unpaired) electrons. The first-order chi connectivity index (χ1) is 11.0. The number of aliphatic hydroxyl groups is 3. The maximum Gasteiger partial charge on any atom is 0.312 e. The summed E-state index contributed by atoms with van der Waals surface area (Å²) in [7, 11) is -1.98. The second kappa shape index (κ2) is 6.63. The van der Waals surface area contributed by atoms with Gasteiger partial charge >= 0.3 is 5.97 Å². The first-order valence-corrected chi connectivity index (χ1v) is 11.9. The molecule has 6 nitrogen and oxygen atoms in total. The van der Waals surface area contributed by atoms with Crippen molar-refractivity contribution in [3.63, 3.8) is 0 Å². The topological polar surface area (TPSA) is 100 Å². The van der Waals surface area contributed by atoms with Gasteiger partial charge in [-0.15, -0.1) is 0 Å². The molecule has 5 atom stereocenters. The van der Waals surface area contributed by atoms with Crippen LogP contribution in [0, 0.1) is 11.8 Å². The van der Waals surface area contributed by atoms with Gasteiger partial charge in [0.15, 0.2) is 0 Å². The van der Waals surface area contributed by atoms with Gasteiger partial charge in [-0.3, -0.25) is 4.79 Å². The molecule has 1 heterocycles. The number of carbonyl (C=O) groups is 1. The van der Waals surface area contributed by atoms with Crippen molar-refractivity contribution in [3.8, 4) is 0 Å². The number of rotatable bonds is 4. The Balaban J connectivity index is 2.59. The first-order valence-electron chi connectivity index (χ1n) is 8.38. The highest BCUT2D eigenvalue weighted by Crippen LogP contribution is 2.45. The fourth-order valence-electron chi connectivity index (χ4n) is 3.54. The van der Waals surface area contributed by atoms with E-state index in [0.717, 1.165) is 0 Å². The molecule has 1 aromatic rings. The highest BCUT2D eigenvalue weighted by atomic mass is 28.3. The van der Waals surface area contributed by atoms with Gasteiger partial charge in [0.1, 0.15) is 19.8 Å². The number of ether oxygens (including phenoxy) is 1. The number of aliphatic hydroxyl groups excluding tert-OH is 2. The average Bonchev–Trinajstić information content (AvgIpc) is 2.99. The van der Waals surface area contributed by atoms with E-state index in [1.165, 1.54) is 6.26 Å². The molecule has 1 saturated carbocycles. The van der Waals surface area contributed by atoms with E-state index in [1.807, 2.05) is 19.6 Å². The van der Waals surface area contributed by atoms with Crippen LogP contribution in [0.15, 0.2) is 16.7 Å². The molecule has 0 unspecified atom stereocenters. The molecule has 24 heavy (non-hydrogen) atoms. The Morgan fingerprint density at radius 2 is 2.04 bits per heavy atom. The van der Waals surface area contributed by atoms with Gasteiger partial charge in [0.2, 0.25) is 0 Å². The van der Waals surface area contributed by atoms with Crippen molar-refractivity contribution in [2.24, 2.45) is 11.8 Å².